The molecule has 1 aromatic heterocycles. The normalized spacial score (nSPS) is 10.1. The average Bonchev–Trinajstić information content (AvgIpc) is 2.46. The zero-order valence-electron chi connectivity index (χ0n) is 10.4. The number of ether oxygens (including phenoxy) is 2. The fourth-order valence-electron chi connectivity index (χ4n) is 1.45. The van der Waals surface area contributed by atoms with Crippen molar-refractivity contribution in [2.75, 3.05) is 7.11 Å². The monoisotopic (exact) mass is 295 g/mol. The van der Waals surface area contributed by atoms with E-state index in [2.05, 4.69) is 9.97 Å². The molecule has 2 rings (SSSR count). The number of non-ortho nitro benzene ring substituents is 1. The molecule has 8 heteroatoms. The second-order valence-corrected chi connectivity index (χ2v) is 4.10. The molecule has 0 fully saturated rings. The number of halogens is 1. The summed E-state index contributed by atoms with van der Waals surface area (Å²) >= 11 is 5.63. The third-order valence-electron chi connectivity index (χ3n) is 2.41. The number of benzene rings is 1. The first kappa shape index (κ1) is 14.0. The summed E-state index contributed by atoms with van der Waals surface area (Å²) in [5.41, 5.74) is 0.510. The van der Waals surface area contributed by atoms with Crippen LogP contribution in [-0.4, -0.2) is 22.0 Å². The first-order chi connectivity index (χ1) is 9.60. The van der Waals surface area contributed by atoms with Gasteiger partial charge >= 0.3 is 0 Å². The molecule has 0 bridgehead atoms. The van der Waals surface area contributed by atoms with Gasteiger partial charge in [-0.1, -0.05) is 11.6 Å². The summed E-state index contributed by atoms with van der Waals surface area (Å²) < 4.78 is 10.6. The third kappa shape index (κ3) is 3.33. The van der Waals surface area contributed by atoms with Gasteiger partial charge in [-0.05, 0) is 6.07 Å². The molecule has 0 N–H and O–H groups in total. The van der Waals surface area contributed by atoms with Gasteiger partial charge in [-0.2, -0.15) is 0 Å². The zero-order valence-corrected chi connectivity index (χ0v) is 11.2. The lowest BCUT2D eigenvalue weighted by Gasteiger charge is -2.09. The van der Waals surface area contributed by atoms with Gasteiger partial charge in [0, 0.05) is 6.07 Å². The fourth-order valence-corrected chi connectivity index (χ4v) is 1.55. The van der Waals surface area contributed by atoms with E-state index in [1.807, 2.05) is 0 Å². The van der Waals surface area contributed by atoms with Gasteiger partial charge in [-0.25, -0.2) is 4.98 Å². The number of rotatable bonds is 5. The van der Waals surface area contributed by atoms with Crippen molar-refractivity contribution in [3.63, 3.8) is 0 Å². The molecule has 2 aromatic rings. The summed E-state index contributed by atoms with van der Waals surface area (Å²) in [6, 6.07) is 4.11. The van der Waals surface area contributed by atoms with Gasteiger partial charge in [0.15, 0.2) is 11.5 Å². The Bertz CT molecular complexity index is 619. The lowest BCUT2D eigenvalue weighted by molar-refractivity contribution is -0.385. The van der Waals surface area contributed by atoms with Gasteiger partial charge in [-0.15, -0.1) is 0 Å². The maximum Gasteiger partial charge on any atom is 0.273 e. The molecule has 0 radical (unpaired) electrons. The third-order valence-corrected chi connectivity index (χ3v) is 2.60. The van der Waals surface area contributed by atoms with Gasteiger partial charge in [0.2, 0.25) is 0 Å². The van der Waals surface area contributed by atoms with Crippen molar-refractivity contribution in [1.29, 1.82) is 0 Å². The lowest BCUT2D eigenvalue weighted by atomic mass is 10.3. The first-order valence-corrected chi connectivity index (χ1v) is 5.89. The van der Waals surface area contributed by atoms with Gasteiger partial charge in [0.05, 0.1) is 36.2 Å². The van der Waals surface area contributed by atoms with E-state index in [4.69, 9.17) is 21.1 Å². The van der Waals surface area contributed by atoms with Crippen molar-refractivity contribution in [2.45, 2.75) is 6.61 Å². The molecule has 0 aliphatic rings. The molecule has 7 nitrogen and oxygen atoms in total. The van der Waals surface area contributed by atoms with Crippen LogP contribution in [0.25, 0.3) is 0 Å². The Labute approximate surface area is 119 Å². The van der Waals surface area contributed by atoms with Crippen LogP contribution in [0.15, 0.2) is 30.6 Å². The van der Waals surface area contributed by atoms with E-state index in [1.54, 1.807) is 0 Å². The Morgan fingerprint density at radius 3 is 2.70 bits per heavy atom. The summed E-state index contributed by atoms with van der Waals surface area (Å²) in [6.45, 7) is 0.151. The minimum atomic E-state index is -0.503. The molecule has 104 valence electrons. The van der Waals surface area contributed by atoms with Gasteiger partial charge in [-0.3, -0.25) is 15.1 Å². The Hall–Kier alpha value is -2.41. The first-order valence-electron chi connectivity index (χ1n) is 5.52. The minimum Gasteiger partial charge on any atom is -0.493 e. The van der Waals surface area contributed by atoms with E-state index in [0.717, 1.165) is 0 Å². The molecule has 0 amide bonds. The van der Waals surface area contributed by atoms with Crippen molar-refractivity contribution in [3.8, 4) is 11.5 Å². The van der Waals surface area contributed by atoms with Crippen LogP contribution in [-0.2, 0) is 6.61 Å². The molecular formula is C12H10ClN3O4. The van der Waals surface area contributed by atoms with Crippen LogP contribution in [0.1, 0.15) is 5.69 Å². The Kier molecular flexibility index (Phi) is 4.31. The summed E-state index contributed by atoms with van der Waals surface area (Å²) in [7, 11) is 1.41. The molecule has 1 aromatic carbocycles. The molecular weight excluding hydrogens is 286 g/mol. The molecule has 0 aliphatic heterocycles. The van der Waals surface area contributed by atoms with Crippen molar-refractivity contribution in [2.24, 2.45) is 0 Å². The van der Waals surface area contributed by atoms with Crippen LogP contribution in [0.2, 0.25) is 5.15 Å². The average molecular weight is 296 g/mol. The van der Waals surface area contributed by atoms with Crippen LogP contribution in [0, 0.1) is 10.1 Å². The number of nitro benzene ring substituents is 1. The smallest absolute Gasteiger partial charge is 0.273 e. The van der Waals surface area contributed by atoms with Crippen LogP contribution in [0.4, 0.5) is 5.69 Å². The van der Waals surface area contributed by atoms with Gasteiger partial charge in [0.1, 0.15) is 11.8 Å². The Morgan fingerprint density at radius 1 is 1.30 bits per heavy atom. The quantitative estimate of drug-likeness (QED) is 0.622. The van der Waals surface area contributed by atoms with E-state index in [-0.39, 0.29) is 18.0 Å². The summed E-state index contributed by atoms with van der Waals surface area (Å²) in [4.78, 5) is 18.1. The standard InChI is InChI=1S/C12H10ClN3O4/c1-19-11-4-9(16(17)18)2-3-10(11)20-7-8-5-15-12(13)6-14-8/h2-6H,7H2,1H3. The van der Waals surface area contributed by atoms with Crippen molar-refractivity contribution in [1.82, 2.24) is 9.97 Å². The van der Waals surface area contributed by atoms with Crippen LogP contribution in [0.5, 0.6) is 11.5 Å². The number of aromatic nitrogens is 2. The Balaban J connectivity index is 2.12. The Morgan fingerprint density at radius 2 is 2.10 bits per heavy atom. The second-order valence-electron chi connectivity index (χ2n) is 3.71. The minimum absolute atomic E-state index is 0.0690. The maximum absolute atomic E-state index is 10.7. The highest BCUT2D eigenvalue weighted by atomic mass is 35.5. The van der Waals surface area contributed by atoms with Gasteiger partial charge in [0.25, 0.3) is 5.69 Å². The van der Waals surface area contributed by atoms with E-state index in [1.165, 1.54) is 37.7 Å². The van der Waals surface area contributed by atoms with E-state index >= 15 is 0 Å². The highest BCUT2D eigenvalue weighted by molar-refractivity contribution is 6.29. The van der Waals surface area contributed by atoms with Crippen LogP contribution >= 0.6 is 11.6 Å². The van der Waals surface area contributed by atoms with Crippen molar-refractivity contribution < 1.29 is 14.4 Å². The number of nitro groups is 1. The lowest BCUT2D eigenvalue weighted by Crippen LogP contribution is -2.01. The molecule has 0 unspecified atom stereocenters. The number of methoxy groups -OCH3 is 1. The van der Waals surface area contributed by atoms with E-state index < -0.39 is 4.92 Å². The topological polar surface area (TPSA) is 87.4 Å². The maximum atomic E-state index is 10.7. The second kappa shape index (κ2) is 6.16. The highest BCUT2D eigenvalue weighted by Crippen LogP contribution is 2.31. The number of nitrogens with zero attached hydrogens (tertiary/aromatic N) is 3. The van der Waals surface area contributed by atoms with Crippen LogP contribution < -0.4 is 9.47 Å². The largest absolute Gasteiger partial charge is 0.493 e. The van der Waals surface area contributed by atoms with Crippen molar-refractivity contribution in [3.05, 3.63) is 51.6 Å². The molecule has 0 spiro atoms. The molecule has 0 saturated heterocycles. The van der Waals surface area contributed by atoms with Crippen molar-refractivity contribution >= 4 is 17.3 Å². The zero-order chi connectivity index (χ0) is 14.5. The summed E-state index contributed by atoms with van der Waals surface area (Å²) in [5.74, 6) is 0.663. The van der Waals surface area contributed by atoms with E-state index in [9.17, 15) is 10.1 Å². The summed E-state index contributed by atoms with van der Waals surface area (Å²) in [6.07, 6.45) is 2.90. The molecule has 20 heavy (non-hydrogen) atoms. The van der Waals surface area contributed by atoms with E-state index in [0.29, 0.717) is 16.6 Å². The fraction of sp³-hybridized carbons (Fsp3) is 0.167. The molecule has 0 atom stereocenters. The van der Waals surface area contributed by atoms with Gasteiger partial charge < -0.3 is 9.47 Å². The summed E-state index contributed by atoms with van der Waals surface area (Å²) in [5, 5.41) is 11.0. The molecule has 0 aliphatic carbocycles. The molecule has 1 heterocycles. The highest BCUT2D eigenvalue weighted by Gasteiger charge is 2.12. The SMILES string of the molecule is COc1cc([N+](=O)[O-])ccc1OCc1cnc(Cl)cn1. The number of hydrogen-bond acceptors (Lipinski definition) is 6. The molecule has 0 saturated carbocycles. The number of hydrogen-bond donors (Lipinski definition) is 0. The predicted octanol–water partition coefficient (Wildman–Crippen LogP) is 2.63. The predicted molar refractivity (Wildman–Crippen MR) is 71.0 cm³/mol. The van der Waals surface area contributed by atoms with Crippen LogP contribution in [0.3, 0.4) is 0 Å².